The average Bonchev–Trinajstić information content (AvgIpc) is 3.45. The molecule has 8 nitrogen and oxygen atoms in total. The summed E-state index contributed by atoms with van der Waals surface area (Å²) in [6, 6.07) is 15.3. The van der Waals surface area contributed by atoms with E-state index in [0.29, 0.717) is 26.4 Å². The van der Waals surface area contributed by atoms with Crippen molar-refractivity contribution in [3.8, 4) is 70.4 Å². The van der Waals surface area contributed by atoms with E-state index in [0.717, 1.165) is 114 Å². The molecule has 8 rings (SSSR count). The summed E-state index contributed by atoms with van der Waals surface area (Å²) >= 11 is 0. The van der Waals surface area contributed by atoms with Crippen LogP contribution in [0.1, 0.15) is 12.8 Å². The molecular formula is C38H44N4O4. The first-order valence-corrected chi connectivity index (χ1v) is 16.2. The number of rotatable bonds is 0. The second kappa shape index (κ2) is 19.3. The lowest BCUT2D eigenvalue weighted by Gasteiger charge is -2.18. The zero-order valence-electron chi connectivity index (χ0n) is 26.8. The molecular weight excluding hydrogens is 576 g/mol. The van der Waals surface area contributed by atoms with Gasteiger partial charge in [0.25, 0.3) is 0 Å². The van der Waals surface area contributed by atoms with Crippen molar-refractivity contribution >= 4 is 0 Å². The van der Waals surface area contributed by atoms with Gasteiger partial charge in [-0.1, -0.05) is 47.4 Å². The summed E-state index contributed by atoms with van der Waals surface area (Å²) in [5.41, 5.74) is 0. The van der Waals surface area contributed by atoms with Crippen molar-refractivity contribution in [3.63, 3.8) is 0 Å². The van der Waals surface area contributed by atoms with Gasteiger partial charge in [-0.05, 0) is 61.4 Å². The van der Waals surface area contributed by atoms with Crippen molar-refractivity contribution in [3.05, 3.63) is 48.5 Å². The molecule has 0 spiro atoms. The van der Waals surface area contributed by atoms with Crippen LogP contribution in [-0.4, -0.2) is 125 Å². The molecule has 0 amide bonds. The third-order valence-corrected chi connectivity index (χ3v) is 7.96. The molecule has 4 unspecified atom stereocenters. The van der Waals surface area contributed by atoms with Crippen LogP contribution in [0.2, 0.25) is 0 Å². The zero-order valence-corrected chi connectivity index (χ0v) is 26.8. The Hall–Kier alpha value is -4.28. The third kappa shape index (κ3) is 12.3. The maximum absolute atomic E-state index is 5.81. The van der Waals surface area contributed by atoms with Gasteiger partial charge < -0.3 is 18.9 Å². The van der Waals surface area contributed by atoms with E-state index in [1.807, 2.05) is 48.5 Å². The molecule has 2 saturated heterocycles. The molecule has 4 atom stereocenters. The molecule has 6 heterocycles. The highest BCUT2D eigenvalue weighted by Crippen LogP contribution is 2.18. The van der Waals surface area contributed by atoms with Crippen molar-refractivity contribution < 1.29 is 18.9 Å². The van der Waals surface area contributed by atoms with Crippen LogP contribution in [0.15, 0.2) is 48.5 Å². The fourth-order valence-corrected chi connectivity index (χ4v) is 5.30. The Balaban J connectivity index is 1.14. The van der Waals surface area contributed by atoms with Gasteiger partial charge in [0.05, 0.1) is 26.2 Å². The highest BCUT2D eigenvalue weighted by Gasteiger charge is 2.14. The second-order valence-corrected chi connectivity index (χ2v) is 11.3. The summed E-state index contributed by atoms with van der Waals surface area (Å²) in [6.07, 6.45) is 2.21. The topological polar surface area (TPSA) is 49.9 Å². The molecule has 46 heavy (non-hydrogen) atoms. The molecule has 0 aromatic heterocycles. The number of benzene rings is 2. The summed E-state index contributed by atoms with van der Waals surface area (Å²) in [5.74, 6) is 28.8. The van der Waals surface area contributed by atoms with Crippen LogP contribution in [0, 0.1) is 47.4 Å². The maximum Gasteiger partial charge on any atom is 0.149 e. The minimum absolute atomic E-state index is 0.364. The Bertz CT molecular complexity index is 1240. The van der Waals surface area contributed by atoms with Crippen LogP contribution in [0.4, 0.5) is 0 Å². The lowest BCUT2D eigenvalue weighted by molar-refractivity contribution is 0.290. The summed E-state index contributed by atoms with van der Waals surface area (Å²) in [5, 5.41) is 0. The summed E-state index contributed by atoms with van der Waals surface area (Å²) < 4.78 is 23.2. The van der Waals surface area contributed by atoms with Gasteiger partial charge in [0.2, 0.25) is 0 Å². The van der Waals surface area contributed by atoms with E-state index in [-0.39, 0.29) is 0 Å². The second-order valence-electron chi connectivity index (χ2n) is 11.3. The van der Waals surface area contributed by atoms with E-state index in [2.05, 4.69) is 67.0 Å². The smallest absolute Gasteiger partial charge is 0.149 e. The van der Waals surface area contributed by atoms with Gasteiger partial charge in [-0.2, -0.15) is 0 Å². The first-order chi connectivity index (χ1) is 22.8. The van der Waals surface area contributed by atoms with Gasteiger partial charge in [0, 0.05) is 52.4 Å². The molecule has 0 aliphatic carbocycles. The first kappa shape index (κ1) is 33.1. The largest absolute Gasteiger partial charge is 0.481 e. The summed E-state index contributed by atoms with van der Waals surface area (Å²) in [4.78, 5) is 9.59. The monoisotopic (exact) mass is 620 g/mol. The molecule has 6 aliphatic heterocycles. The Kier molecular flexibility index (Phi) is 13.9. The van der Waals surface area contributed by atoms with Gasteiger partial charge in [0.1, 0.15) is 49.4 Å². The van der Waals surface area contributed by atoms with Crippen molar-refractivity contribution in [1.29, 1.82) is 0 Å². The van der Waals surface area contributed by atoms with Gasteiger partial charge in [0.15, 0.2) is 0 Å². The minimum atomic E-state index is 0.364. The van der Waals surface area contributed by atoms with Crippen molar-refractivity contribution in [2.45, 2.75) is 12.8 Å². The number of ether oxygens (including phenoxy) is 4. The highest BCUT2D eigenvalue weighted by atomic mass is 16.5. The van der Waals surface area contributed by atoms with E-state index in [4.69, 9.17) is 18.9 Å². The molecule has 240 valence electrons. The maximum atomic E-state index is 5.81. The predicted molar refractivity (Wildman–Crippen MR) is 181 cm³/mol. The average molecular weight is 621 g/mol. The Morgan fingerprint density at radius 1 is 0.326 bits per heavy atom. The van der Waals surface area contributed by atoms with Crippen LogP contribution < -0.4 is 18.9 Å². The van der Waals surface area contributed by atoms with Gasteiger partial charge in [-0.15, -0.1) is 0 Å². The molecule has 2 aromatic rings. The minimum Gasteiger partial charge on any atom is -0.481 e. The SMILES string of the molecule is C1#CCN2CCCN(CC#CCOc3ccc(cc3)OCC#CCN3CCCN(CC#CCOc4ccc(cc4)OC1)CC3)CC2. The quantitative estimate of drug-likeness (QED) is 0.417. The normalized spacial score (nSPS) is 24.5. The van der Waals surface area contributed by atoms with Crippen LogP contribution in [-0.2, 0) is 0 Å². The van der Waals surface area contributed by atoms with E-state index in [1.54, 1.807) is 0 Å². The molecule has 2 fully saturated rings. The highest BCUT2D eigenvalue weighted by molar-refractivity contribution is 5.32. The first-order valence-electron chi connectivity index (χ1n) is 16.2. The van der Waals surface area contributed by atoms with Gasteiger partial charge >= 0.3 is 0 Å². The number of hydrogen-bond donors (Lipinski definition) is 0. The van der Waals surface area contributed by atoms with E-state index in [9.17, 15) is 0 Å². The predicted octanol–water partition coefficient (Wildman–Crippen LogP) is 2.94. The molecule has 2 aromatic carbocycles. The molecule has 0 radical (unpaired) electrons. The van der Waals surface area contributed by atoms with Crippen molar-refractivity contribution in [2.75, 3.05) is 105 Å². The lowest BCUT2D eigenvalue weighted by Crippen LogP contribution is -2.31. The third-order valence-electron chi connectivity index (χ3n) is 7.96. The van der Waals surface area contributed by atoms with Crippen LogP contribution in [0.25, 0.3) is 0 Å². The molecule has 0 saturated carbocycles. The molecule has 0 N–H and O–H groups in total. The van der Waals surface area contributed by atoms with Crippen molar-refractivity contribution in [1.82, 2.24) is 19.6 Å². The zero-order chi connectivity index (χ0) is 31.5. The number of nitrogens with zero attached hydrogens (tertiary/aromatic N) is 4. The Morgan fingerprint density at radius 2 is 0.565 bits per heavy atom. The van der Waals surface area contributed by atoms with E-state index in [1.165, 1.54) is 0 Å². The molecule has 8 bridgehead atoms. The number of hydrogen-bond acceptors (Lipinski definition) is 8. The van der Waals surface area contributed by atoms with Crippen LogP contribution in [0.5, 0.6) is 23.0 Å². The molecule has 6 aliphatic rings. The Labute approximate surface area is 274 Å². The molecule has 8 heteroatoms. The van der Waals surface area contributed by atoms with Crippen LogP contribution in [0.3, 0.4) is 0 Å². The lowest BCUT2D eigenvalue weighted by atomic mass is 10.3. The van der Waals surface area contributed by atoms with Crippen molar-refractivity contribution in [2.24, 2.45) is 0 Å². The van der Waals surface area contributed by atoms with Crippen LogP contribution >= 0.6 is 0 Å². The van der Waals surface area contributed by atoms with E-state index >= 15 is 0 Å². The van der Waals surface area contributed by atoms with Gasteiger partial charge in [-0.3, -0.25) is 19.6 Å². The fourth-order valence-electron chi connectivity index (χ4n) is 5.30. The standard InChI is InChI=1S/C38H44N4O4/c1-5-31-43-35-11-13-36(14-12-35)44-33-7-3-21-41-25-10-26-42(30-29-41)22-4-8-34-46-38-17-15-37(16-18-38)45-32-6-2-20-40-24-9-23-39(19-1)27-28-40/h11-18H,9-10,19-34H2. The Morgan fingerprint density at radius 3 is 0.804 bits per heavy atom. The fraction of sp³-hybridized carbons (Fsp3) is 0.474. The van der Waals surface area contributed by atoms with Gasteiger partial charge in [-0.25, -0.2) is 0 Å². The summed E-state index contributed by atoms with van der Waals surface area (Å²) in [6.45, 7) is 12.5. The van der Waals surface area contributed by atoms with E-state index < -0.39 is 0 Å². The summed E-state index contributed by atoms with van der Waals surface area (Å²) in [7, 11) is 0.